The largest absolute Gasteiger partial charge is 0.416 e. The minimum atomic E-state index is -4.60. The highest BCUT2D eigenvalue weighted by atomic mass is 19.4. The van der Waals surface area contributed by atoms with E-state index in [1.165, 1.54) is 13.0 Å². The molecule has 0 radical (unpaired) electrons. The van der Waals surface area contributed by atoms with Gasteiger partial charge in [-0.1, -0.05) is 12.0 Å². The summed E-state index contributed by atoms with van der Waals surface area (Å²) in [5.41, 5.74) is 7.64. The van der Waals surface area contributed by atoms with Gasteiger partial charge in [-0.25, -0.2) is 4.98 Å². The van der Waals surface area contributed by atoms with Crippen LogP contribution in [0.15, 0.2) is 60.9 Å². The number of pyridine rings is 1. The van der Waals surface area contributed by atoms with Gasteiger partial charge in [-0.15, -0.1) is 0 Å². The lowest BCUT2D eigenvalue weighted by Crippen LogP contribution is -2.14. The van der Waals surface area contributed by atoms with E-state index in [9.17, 15) is 22.8 Å². The molecule has 0 atom stereocenters. The number of nitrogens with two attached hydrogens (primary N) is 1. The van der Waals surface area contributed by atoms with Crippen molar-refractivity contribution in [2.45, 2.75) is 20.0 Å². The van der Waals surface area contributed by atoms with Gasteiger partial charge in [0, 0.05) is 35.6 Å². The number of aryl methyl sites for hydroxylation is 1. The first kappa shape index (κ1) is 24.3. The summed E-state index contributed by atoms with van der Waals surface area (Å²) in [7, 11) is 0. The van der Waals surface area contributed by atoms with Gasteiger partial charge in [-0.05, 0) is 60.9 Å². The number of carbonyl (C=O) groups excluding carboxylic acids is 2. The molecule has 10 heteroatoms. The summed E-state index contributed by atoms with van der Waals surface area (Å²) in [6, 6.07) is 11.2. The maximum Gasteiger partial charge on any atom is 0.416 e. The van der Waals surface area contributed by atoms with Crippen molar-refractivity contribution < 1.29 is 22.8 Å². The predicted molar refractivity (Wildman–Crippen MR) is 130 cm³/mol. The molecule has 182 valence electrons. The summed E-state index contributed by atoms with van der Waals surface area (Å²) in [5.74, 6) is 5.21. The molecule has 0 aliphatic rings. The van der Waals surface area contributed by atoms with Crippen LogP contribution in [-0.4, -0.2) is 21.2 Å². The second kappa shape index (κ2) is 9.46. The van der Waals surface area contributed by atoms with Gasteiger partial charge in [0.2, 0.25) is 5.91 Å². The van der Waals surface area contributed by atoms with E-state index in [2.05, 4.69) is 27.5 Å². The van der Waals surface area contributed by atoms with E-state index in [4.69, 9.17) is 5.73 Å². The summed E-state index contributed by atoms with van der Waals surface area (Å²) in [5, 5.41) is 5.17. The van der Waals surface area contributed by atoms with Crippen molar-refractivity contribution >= 4 is 34.5 Å². The van der Waals surface area contributed by atoms with E-state index in [1.54, 1.807) is 47.1 Å². The topological polar surface area (TPSA) is 102 Å². The van der Waals surface area contributed by atoms with Crippen LogP contribution in [0.25, 0.3) is 5.65 Å². The molecule has 0 aliphatic heterocycles. The second-order valence-corrected chi connectivity index (χ2v) is 8.02. The number of carbonyl (C=O) groups is 2. The Labute approximate surface area is 204 Å². The Morgan fingerprint density at radius 2 is 1.83 bits per heavy atom. The first-order chi connectivity index (χ1) is 17.0. The van der Waals surface area contributed by atoms with Crippen molar-refractivity contribution in [2.75, 3.05) is 16.4 Å². The fourth-order valence-electron chi connectivity index (χ4n) is 3.51. The van der Waals surface area contributed by atoms with Crippen LogP contribution in [0.4, 0.5) is 30.2 Å². The van der Waals surface area contributed by atoms with E-state index in [1.807, 2.05) is 6.92 Å². The van der Waals surface area contributed by atoms with Crippen molar-refractivity contribution in [1.82, 2.24) is 9.38 Å². The Morgan fingerprint density at radius 3 is 2.56 bits per heavy atom. The number of nitrogens with zero attached hydrogens (tertiary/aromatic N) is 2. The minimum Gasteiger partial charge on any atom is -0.399 e. The Kier molecular flexibility index (Phi) is 6.40. The average Bonchev–Trinajstić information content (AvgIpc) is 3.21. The molecule has 2 heterocycles. The molecule has 2 aromatic carbocycles. The van der Waals surface area contributed by atoms with E-state index in [0.29, 0.717) is 22.6 Å². The van der Waals surface area contributed by atoms with Gasteiger partial charge in [0.25, 0.3) is 5.91 Å². The predicted octanol–water partition coefficient (Wildman–Crippen LogP) is 4.85. The smallest absolute Gasteiger partial charge is 0.399 e. The number of hydrogen-bond donors (Lipinski definition) is 3. The number of hydrogen-bond acceptors (Lipinski definition) is 4. The Hall–Kier alpha value is -4.78. The second-order valence-electron chi connectivity index (χ2n) is 8.02. The maximum atomic E-state index is 13.1. The summed E-state index contributed by atoms with van der Waals surface area (Å²) in [6.45, 7) is 3.23. The Bertz CT molecular complexity index is 1560. The van der Waals surface area contributed by atoms with Gasteiger partial charge in [0.05, 0.1) is 17.4 Å². The molecule has 2 amide bonds. The number of nitrogens with one attached hydrogen (secondary N) is 2. The zero-order valence-electron chi connectivity index (χ0n) is 19.2. The molecule has 4 N–H and O–H groups in total. The molecule has 0 saturated heterocycles. The Morgan fingerprint density at radius 1 is 1.06 bits per heavy atom. The lowest BCUT2D eigenvalue weighted by atomic mass is 10.0. The van der Waals surface area contributed by atoms with Crippen LogP contribution in [0.5, 0.6) is 0 Å². The molecular formula is C26H20F3N5O2. The standard InChI is InChI=1S/C26H20F3N5O2/c1-15-5-6-18(25(36)33-21-12-19(26(27,28)29)11-20(30)13-21)10-17(15)7-8-22-14-31-24-23(32-16(2)35)4-3-9-34(22)24/h3-6,9-14H,30H2,1-2H3,(H,32,35)(H,33,36). The molecule has 2 aromatic heterocycles. The van der Waals surface area contributed by atoms with Crippen molar-refractivity contribution in [1.29, 1.82) is 0 Å². The van der Waals surface area contributed by atoms with Crippen molar-refractivity contribution in [3.05, 3.63) is 88.9 Å². The summed E-state index contributed by atoms with van der Waals surface area (Å²) in [6.07, 6.45) is -1.27. The molecule has 0 spiro atoms. The lowest BCUT2D eigenvalue weighted by molar-refractivity contribution is -0.137. The van der Waals surface area contributed by atoms with Crippen LogP contribution >= 0.6 is 0 Å². The van der Waals surface area contributed by atoms with Crippen LogP contribution < -0.4 is 16.4 Å². The average molecular weight is 491 g/mol. The molecule has 4 rings (SSSR count). The van der Waals surface area contributed by atoms with Gasteiger partial charge < -0.3 is 16.4 Å². The molecule has 4 aromatic rings. The Balaban J connectivity index is 1.61. The zero-order valence-corrected chi connectivity index (χ0v) is 19.2. The molecule has 36 heavy (non-hydrogen) atoms. The number of amides is 2. The number of fused-ring (bicyclic) bond motifs is 1. The van der Waals surface area contributed by atoms with Crippen LogP contribution in [-0.2, 0) is 11.0 Å². The highest BCUT2D eigenvalue weighted by molar-refractivity contribution is 6.04. The molecule has 0 bridgehead atoms. The highest BCUT2D eigenvalue weighted by Crippen LogP contribution is 2.32. The number of benzene rings is 2. The van der Waals surface area contributed by atoms with Crippen LogP contribution in [0.1, 0.15) is 39.7 Å². The molecule has 0 saturated carbocycles. The molecule has 7 nitrogen and oxygen atoms in total. The van der Waals surface area contributed by atoms with E-state index in [0.717, 1.165) is 17.7 Å². The van der Waals surface area contributed by atoms with Gasteiger partial charge >= 0.3 is 6.18 Å². The fourth-order valence-corrected chi connectivity index (χ4v) is 3.51. The number of nitrogen functional groups attached to an aromatic ring is 1. The third-order valence-corrected chi connectivity index (χ3v) is 5.21. The zero-order chi connectivity index (χ0) is 26.0. The van der Waals surface area contributed by atoms with Crippen molar-refractivity contribution in [3.8, 4) is 11.8 Å². The molecule has 0 aliphatic carbocycles. The van der Waals surface area contributed by atoms with Crippen molar-refractivity contribution in [2.24, 2.45) is 0 Å². The summed E-state index contributed by atoms with van der Waals surface area (Å²) in [4.78, 5) is 28.5. The highest BCUT2D eigenvalue weighted by Gasteiger charge is 2.31. The SMILES string of the molecule is CC(=O)Nc1cccn2c(C#Cc3cc(C(=O)Nc4cc(N)cc(C(F)(F)F)c4)ccc3C)cnc12. The monoisotopic (exact) mass is 491 g/mol. The lowest BCUT2D eigenvalue weighted by Gasteiger charge is -2.12. The van der Waals surface area contributed by atoms with Gasteiger partial charge in [0.1, 0.15) is 5.69 Å². The third-order valence-electron chi connectivity index (χ3n) is 5.21. The van der Waals surface area contributed by atoms with Gasteiger partial charge in [-0.2, -0.15) is 13.2 Å². The molecule has 0 unspecified atom stereocenters. The number of halogens is 3. The summed E-state index contributed by atoms with van der Waals surface area (Å²) >= 11 is 0. The minimum absolute atomic E-state index is 0.0683. The number of rotatable bonds is 3. The number of anilines is 3. The van der Waals surface area contributed by atoms with Crippen LogP contribution in [0.3, 0.4) is 0 Å². The normalized spacial score (nSPS) is 11.0. The number of alkyl halides is 3. The quantitative estimate of drug-likeness (QED) is 0.282. The summed E-state index contributed by atoms with van der Waals surface area (Å²) < 4.78 is 40.9. The molecule has 0 fully saturated rings. The van der Waals surface area contributed by atoms with E-state index < -0.39 is 17.6 Å². The van der Waals surface area contributed by atoms with Gasteiger partial charge in [0.15, 0.2) is 5.65 Å². The number of imidazole rings is 1. The van der Waals surface area contributed by atoms with E-state index in [-0.39, 0.29) is 22.8 Å². The van der Waals surface area contributed by atoms with E-state index >= 15 is 0 Å². The third kappa shape index (κ3) is 5.31. The van der Waals surface area contributed by atoms with Crippen LogP contribution in [0.2, 0.25) is 0 Å². The number of aromatic nitrogens is 2. The maximum absolute atomic E-state index is 13.1. The first-order valence-electron chi connectivity index (χ1n) is 10.7. The fraction of sp³-hybridized carbons (Fsp3) is 0.115. The first-order valence-corrected chi connectivity index (χ1v) is 10.7. The molecular weight excluding hydrogens is 471 g/mol. The van der Waals surface area contributed by atoms with Crippen LogP contribution in [0, 0.1) is 18.8 Å². The van der Waals surface area contributed by atoms with Gasteiger partial charge in [-0.3, -0.25) is 14.0 Å². The van der Waals surface area contributed by atoms with Crippen molar-refractivity contribution in [3.63, 3.8) is 0 Å².